The molecular formula is C13H14F4N4O. The SMILES string of the molecule is O=C(N[C@@H]1C[C@@H]2CCN(C2)C1)c1ncc(F)c(C(F)(F)F)n1. The first kappa shape index (κ1) is 15.1. The molecule has 1 N–H and O–H groups in total. The van der Waals surface area contributed by atoms with E-state index >= 15 is 0 Å². The third-order valence-corrected chi connectivity index (χ3v) is 4.02. The lowest BCUT2D eigenvalue weighted by atomic mass is 9.97. The quantitative estimate of drug-likeness (QED) is 0.839. The normalized spacial score (nSPS) is 27.7. The summed E-state index contributed by atoms with van der Waals surface area (Å²) in [6.45, 7) is 2.63. The minimum atomic E-state index is -4.96. The molecule has 2 fully saturated rings. The van der Waals surface area contributed by atoms with Crippen LogP contribution in [0.25, 0.3) is 0 Å². The van der Waals surface area contributed by atoms with Gasteiger partial charge >= 0.3 is 6.18 Å². The van der Waals surface area contributed by atoms with Gasteiger partial charge < -0.3 is 10.2 Å². The van der Waals surface area contributed by atoms with Gasteiger partial charge in [0, 0.05) is 19.1 Å². The van der Waals surface area contributed by atoms with Gasteiger partial charge in [0.25, 0.3) is 5.91 Å². The highest BCUT2D eigenvalue weighted by Crippen LogP contribution is 2.29. The molecule has 3 atom stereocenters. The number of hydrogen-bond donors (Lipinski definition) is 1. The number of nitrogens with one attached hydrogen (secondary N) is 1. The van der Waals surface area contributed by atoms with Crippen LogP contribution in [-0.4, -0.2) is 46.5 Å². The molecule has 2 bridgehead atoms. The second kappa shape index (κ2) is 5.45. The third-order valence-electron chi connectivity index (χ3n) is 4.02. The molecule has 0 aromatic carbocycles. The summed E-state index contributed by atoms with van der Waals surface area (Å²) in [5, 5.41) is 2.64. The van der Waals surface area contributed by atoms with Crippen molar-refractivity contribution < 1.29 is 22.4 Å². The largest absolute Gasteiger partial charge is 0.436 e. The Kier molecular flexibility index (Phi) is 3.75. The number of alkyl halides is 3. The first-order valence-electron chi connectivity index (χ1n) is 6.96. The summed E-state index contributed by atoms with van der Waals surface area (Å²) in [5.41, 5.74) is -1.72. The fourth-order valence-electron chi connectivity index (χ4n) is 3.09. The molecule has 5 nitrogen and oxygen atoms in total. The van der Waals surface area contributed by atoms with Crippen LogP contribution in [0.2, 0.25) is 0 Å². The van der Waals surface area contributed by atoms with Crippen molar-refractivity contribution in [2.45, 2.75) is 25.1 Å². The second-order valence-corrected chi connectivity index (χ2v) is 5.71. The Bertz CT molecular complexity index is 580. The van der Waals surface area contributed by atoms with Crippen molar-refractivity contribution in [2.24, 2.45) is 5.92 Å². The zero-order valence-corrected chi connectivity index (χ0v) is 11.5. The van der Waals surface area contributed by atoms with Crippen molar-refractivity contribution >= 4 is 5.91 Å². The number of fused-ring (bicyclic) bond motifs is 2. The number of hydrogen-bond acceptors (Lipinski definition) is 4. The molecule has 1 aromatic rings. The minimum absolute atomic E-state index is 0.142. The van der Waals surface area contributed by atoms with E-state index < -0.39 is 29.4 Å². The van der Waals surface area contributed by atoms with Gasteiger partial charge in [-0.15, -0.1) is 0 Å². The average Bonchev–Trinajstić information content (AvgIpc) is 2.77. The van der Waals surface area contributed by atoms with Crippen LogP contribution in [0.15, 0.2) is 6.20 Å². The first-order chi connectivity index (χ1) is 10.3. The summed E-state index contributed by atoms with van der Waals surface area (Å²) in [6.07, 6.45) is -2.73. The fraction of sp³-hybridized carbons (Fsp3) is 0.615. The summed E-state index contributed by atoms with van der Waals surface area (Å²) < 4.78 is 50.9. The summed E-state index contributed by atoms with van der Waals surface area (Å²) in [5.74, 6) is -2.57. The van der Waals surface area contributed by atoms with E-state index in [2.05, 4.69) is 20.2 Å². The smallest absolute Gasteiger partial charge is 0.345 e. The molecule has 0 spiro atoms. The molecule has 22 heavy (non-hydrogen) atoms. The fourth-order valence-corrected chi connectivity index (χ4v) is 3.09. The molecule has 2 aliphatic rings. The van der Waals surface area contributed by atoms with Crippen molar-refractivity contribution in [1.29, 1.82) is 0 Å². The van der Waals surface area contributed by atoms with E-state index in [0.717, 1.165) is 25.9 Å². The molecule has 3 heterocycles. The van der Waals surface area contributed by atoms with E-state index in [1.54, 1.807) is 0 Å². The van der Waals surface area contributed by atoms with E-state index in [9.17, 15) is 22.4 Å². The first-order valence-corrected chi connectivity index (χ1v) is 6.96. The number of nitrogens with zero attached hydrogens (tertiary/aromatic N) is 3. The summed E-state index contributed by atoms with van der Waals surface area (Å²) in [4.78, 5) is 20.6. The van der Waals surface area contributed by atoms with E-state index in [4.69, 9.17) is 0 Å². The third kappa shape index (κ3) is 3.03. The Labute approximate surface area is 123 Å². The van der Waals surface area contributed by atoms with Crippen LogP contribution >= 0.6 is 0 Å². The Morgan fingerprint density at radius 2 is 2.14 bits per heavy atom. The number of aromatic nitrogens is 2. The Morgan fingerprint density at radius 3 is 2.82 bits per heavy atom. The topological polar surface area (TPSA) is 58.1 Å². The van der Waals surface area contributed by atoms with E-state index in [1.165, 1.54) is 0 Å². The van der Waals surface area contributed by atoms with Crippen LogP contribution in [0.4, 0.5) is 17.6 Å². The molecule has 120 valence electrons. The number of rotatable bonds is 2. The van der Waals surface area contributed by atoms with Crippen molar-refractivity contribution in [3.05, 3.63) is 23.5 Å². The Morgan fingerprint density at radius 1 is 1.36 bits per heavy atom. The van der Waals surface area contributed by atoms with Gasteiger partial charge in [0.15, 0.2) is 11.5 Å². The van der Waals surface area contributed by atoms with E-state index in [0.29, 0.717) is 18.7 Å². The molecule has 1 unspecified atom stereocenters. The number of amides is 1. The van der Waals surface area contributed by atoms with E-state index in [1.807, 2.05) is 0 Å². The molecule has 1 amide bonds. The molecule has 0 radical (unpaired) electrons. The maximum atomic E-state index is 13.1. The van der Waals surface area contributed by atoms with Crippen molar-refractivity contribution in [1.82, 2.24) is 20.2 Å². The molecular weight excluding hydrogens is 304 g/mol. The van der Waals surface area contributed by atoms with Crippen molar-refractivity contribution in [2.75, 3.05) is 19.6 Å². The zero-order chi connectivity index (χ0) is 15.9. The predicted molar refractivity (Wildman–Crippen MR) is 67.4 cm³/mol. The van der Waals surface area contributed by atoms with Crippen LogP contribution in [0.3, 0.4) is 0 Å². The summed E-state index contributed by atoms with van der Waals surface area (Å²) in [7, 11) is 0. The van der Waals surface area contributed by atoms with Gasteiger partial charge in [0.1, 0.15) is 0 Å². The highest BCUT2D eigenvalue weighted by atomic mass is 19.4. The number of piperidine rings is 1. The zero-order valence-electron chi connectivity index (χ0n) is 11.5. The van der Waals surface area contributed by atoms with Crippen LogP contribution in [-0.2, 0) is 6.18 Å². The average molecular weight is 318 g/mol. The molecule has 0 saturated carbocycles. The molecule has 2 aliphatic heterocycles. The van der Waals surface area contributed by atoms with Gasteiger partial charge in [0.05, 0.1) is 6.20 Å². The summed E-state index contributed by atoms with van der Waals surface area (Å²) in [6, 6.07) is -0.142. The van der Waals surface area contributed by atoms with Crippen molar-refractivity contribution in [3.63, 3.8) is 0 Å². The predicted octanol–water partition coefficient (Wildman–Crippen LogP) is 1.46. The number of carbonyl (C=O) groups is 1. The van der Waals surface area contributed by atoms with Crippen molar-refractivity contribution in [3.8, 4) is 0 Å². The van der Waals surface area contributed by atoms with Crippen LogP contribution < -0.4 is 5.32 Å². The lowest BCUT2D eigenvalue weighted by Crippen LogP contribution is -2.47. The van der Waals surface area contributed by atoms with Gasteiger partial charge in [-0.1, -0.05) is 0 Å². The Balaban J connectivity index is 1.72. The lowest BCUT2D eigenvalue weighted by Gasteiger charge is -2.30. The molecule has 2 saturated heterocycles. The van der Waals surface area contributed by atoms with Crippen LogP contribution in [0.5, 0.6) is 0 Å². The van der Waals surface area contributed by atoms with Gasteiger partial charge in [0.2, 0.25) is 5.82 Å². The maximum Gasteiger partial charge on any atom is 0.436 e. The van der Waals surface area contributed by atoms with Gasteiger partial charge in [-0.25, -0.2) is 14.4 Å². The highest BCUT2D eigenvalue weighted by molar-refractivity contribution is 5.90. The van der Waals surface area contributed by atoms with Gasteiger partial charge in [-0.05, 0) is 25.3 Å². The van der Waals surface area contributed by atoms with E-state index in [-0.39, 0.29) is 6.04 Å². The lowest BCUT2D eigenvalue weighted by molar-refractivity contribution is -0.143. The van der Waals surface area contributed by atoms with Gasteiger partial charge in [-0.3, -0.25) is 4.79 Å². The number of halogens is 4. The second-order valence-electron chi connectivity index (χ2n) is 5.71. The number of carbonyl (C=O) groups excluding carboxylic acids is 1. The minimum Gasteiger partial charge on any atom is -0.345 e. The molecule has 9 heteroatoms. The molecule has 0 aliphatic carbocycles. The maximum absolute atomic E-state index is 13.1. The van der Waals surface area contributed by atoms with Gasteiger partial charge in [-0.2, -0.15) is 13.2 Å². The molecule has 1 aromatic heterocycles. The van der Waals surface area contributed by atoms with Crippen LogP contribution in [0, 0.1) is 11.7 Å². The highest BCUT2D eigenvalue weighted by Gasteiger charge is 2.38. The molecule has 3 rings (SSSR count). The monoisotopic (exact) mass is 318 g/mol. The standard InChI is InChI=1S/C13H14F4N4O/c14-9-4-18-11(20-10(9)13(15,16)17)12(22)19-8-3-7-1-2-21(5-7)6-8/h4,7-8H,1-3,5-6H2,(H,19,22)/t7-,8+/m0/s1. The van der Waals surface area contributed by atoms with Crippen LogP contribution in [0.1, 0.15) is 29.2 Å². The summed E-state index contributed by atoms with van der Waals surface area (Å²) >= 11 is 0. The Hall–Kier alpha value is -1.77.